The highest BCUT2D eigenvalue weighted by Crippen LogP contribution is 2.19. The Kier molecular flexibility index (Phi) is 20.6. The van der Waals surface area contributed by atoms with Crippen molar-refractivity contribution in [2.75, 3.05) is 61.4 Å². The lowest BCUT2D eigenvalue weighted by Gasteiger charge is -2.17. The first-order valence-electron chi connectivity index (χ1n) is 20.4. The van der Waals surface area contributed by atoms with Crippen LogP contribution in [0.3, 0.4) is 0 Å². The number of carbonyl (C=O) groups excluding carboxylic acids is 4. The minimum absolute atomic E-state index is 0.0523. The van der Waals surface area contributed by atoms with Crippen LogP contribution in [0.1, 0.15) is 74.1 Å². The van der Waals surface area contributed by atoms with E-state index in [0.717, 1.165) is 48.1 Å². The molecule has 0 bridgehead atoms. The lowest BCUT2D eigenvalue weighted by Crippen LogP contribution is -2.24. The van der Waals surface area contributed by atoms with Crippen LogP contribution < -0.4 is 21.3 Å². The summed E-state index contributed by atoms with van der Waals surface area (Å²) in [7, 11) is 1.31. The van der Waals surface area contributed by atoms with Crippen LogP contribution in [0.15, 0.2) is 110 Å². The molecular formula is C47H58N4O9. The molecule has 4 N–H and O–H groups in total. The van der Waals surface area contributed by atoms with Gasteiger partial charge in [-0.15, -0.1) is 6.58 Å². The van der Waals surface area contributed by atoms with Crippen molar-refractivity contribution < 1.29 is 42.9 Å². The molecule has 1 atom stereocenters. The molecule has 13 nitrogen and oxygen atoms in total. The molecule has 4 aromatic rings. The molecule has 0 aromatic heterocycles. The predicted octanol–water partition coefficient (Wildman–Crippen LogP) is 11.0. The first-order valence-corrected chi connectivity index (χ1v) is 20.4. The smallest absolute Gasteiger partial charge is 0.411 e. The fraction of sp³-hybridized carbons (Fsp3) is 0.362. The largest absolute Gasteiger partial charge is 0.453 e. The summed E-state index contributed by atoms with van der Waals surface area (Å²) in [5.74, 6) is -0.235. The third-order valence-electron chi connectivity index (χ3n) is 9.29. The predicted molar refractivity (Wildman–Crippen MR) is 235 cm³/mol. The van der Waals surface area contributed by atoms with Crippen LogP contribution in [-0.4, -0.2) is 64.5 Å². The van der Waals surface area contributed by atoms with Crippen molar-refractivity contribution in [1.29, 1.82) is 0 Å². The lowest BCUT2D eigenvalue weighted by molar-refractivity contribution is 0.0948. The van der Waals surface area contributed by atoms with Crippen molar-refractivity contribution in [2.45, 2.75) is 64.7 Å². The number of anilines is 4. The van der Waals surface area contributed by atoms with Gasteiger partial charge in [-0.2, -0.15) is 0 Å². The fourth-order valence-corrected chi connectivity index (χ4v) is 5.91. The maximum atomic E-state index is 12.7. The van der Waals surface area contributed by atoms with E-state index in [4.69, 9.17) is 18.9 Å². The molecular weight excluding hydrogens is 765 g/mol. The van der Waals surface area contributed by atoms with E-state index < -0.39 is 24.4 Å². The molecule has 0 fully saturated rings. The molecule has 0 saturated carbocycles. The number of amides is 4. The maximum Gasteiger partial charge on any atom is 0.411 e. The van der Waals surface area contributed by atoms with E-state index in [-0.39, 0.29) is 19.1 Å². The first kappa shape index (κ1) is 46.4. The Labute approximate surface area is 353 Å². The van der Waals surface area contributed by atoms with Gasteiger partial charge in [-0.05, 0) is 116 Å². The third kappa shape index (κ3) is 18.5. The van der Waals surface area contributed by atoms with Crippen LogP contribution in [0.4, 0.5) is 41.9 Å². The molecule has 0 heterocycles. The standard InChI is InChI=1S/C47H58N4O9/c1-4-6-8-28-57-29-9-10-30-58-45(53)49-41-22-14-36(15-23-41)32-38-18-26-43(27-19-38)51-47(55)60-34-39(11-7-5-2)33-59-46(54)50-42-24-16-37(17-25-42)31-35-12-20-40(21-13-35)48-44(52)56-3/h5,12-27,39H,2,4,6-11,28-34H2,1,3H3,(H,48,52)(H,49,53)(H,50,54)(H,51,55). The second kappa shape index (κ2) is 26.6. The average molecular weight is 823 g/mol. The van der Waals surface area contributed by atoms with Gasteiger partial charge in [-0.1, -0.05) is 74.4 Å². The van der Waals surface area contributed by atoms with Crippen LogP contribution in [0.5, 0.6) is 0 Å². The molecule has 320 valence electrons. The van der Waals surface area contributed by atoms with Gasteiger partial charge in [0, 0.05) is 41.9 Å². The zero-order valence-electron chi connectivity index (χ0n) is 34.7. The van der Waals surface area contributed by atoms with Gasteiger partial charge in [0.15, 0.2) is 0 Å². The molecule has 0 spiro atoms. The van der Waals surface area contributed by atoms with Crippen molar-refractivity contribution in [3.05, 3.63) is 132 Å². The number of ether oxygens (including phenoxy) is 5. The summed E-state index contributed by atoms with van der Waals surface area (Å²) in [6.07, 6.45) is 7.18. The SMILES string of the molecule is C=CCCC(COC(=O)Nc1ccc(Cc2ccc(NC(=O)OC)cc2)cc1)COC(=O)Nc1ccc(Cc2ccc(NC(=O)OCCCCOCCCCC)cc2)cc1. The Morgan fingerprint density at radius 3 is 1.28 bits per heavy atom. The molecule has 0 saturated heterocycles. The summed E-state index contributed by atoms with van der Waals surface area (Å²) >= 11 is 0. The van der Waals surface area contributed by atoms with Gasteiger partial charge in [0.2, 0.25) is 0 Å². The first-order chi connectivity index (χ1) is 29.2. The van der Waals surface area contributed by atoms with Crippen LogP contribution in [0, 0.1) is 5.92 Å². The van der Waals surface area contributed by atoms with Gasteiger partial charge in [-0.3, -0.25) is 21.3 Å². The zero-order valence-corrected chi connectivity index (χ0v) is 34.7. The minimum Gasteiger partial charge on any atom is -0.453 e. The van der Waals surface area contributed by atoms with Crippen LogP contribution in [0.2, 0.25) is 0 Å². The van der Waals surface area contributed by atoms with E-state index in [1.54, 1.807) is 42.5 Å². The summed E-state index contributed by atoms with van der Waals surface area (Å²) in [6, 6.07) is 29.9. The quantitative estimate of drug-likeness (QED) is 0.0306. The second-order valence-corrected chi connectivity index (χ2v) is 14.2. The van der Waals surface area contributed by atoms with Gasteiger partial charge in [0.1, 0.15) is 0 Å². The molecule has 4 amide bonds. The molecule has 13 heteroatoms. The highest BCUT2D eigenvalue weighted by molar-refractivity contribution is 5.86. The van der Waals surface area contributed by atoms with Crippen molar-refractivity contribution in [2.24, 2.45) is 5.92 Å². The van der Waals surface area contributed by atoms with E-state index in [2.05, 4.69) is 39.5 Å². The van der Waals surface area contributed by atoms with Crippen LogP contribution in [-0.2, 0) is 36.5 Å². The summed E-state index contributed by atoms with van der Waals surface area (Å²) in [5.41, 5.74) is 6.64. The monoisotopic (exact) mass is 822 g/mol. The summed E-state index contributed by atoms with van der Waals surface area (Å²) in [5, 5.41) is 10.9. The number of rotatable bonds is 24. The van der Waals surface area contributed by atoms with Gasteiger partial charge in [0.05, 0.1) is 26.9 Å². The fourth-order valence-electron chi connectivity index (χ4n) is 5.91. The number of benzene rings is 4. The number of allylic oxidation sites excluding steroid dienone is 1. The molecule has 0 aliphatic carbocycles. The molecule has 0 aliphatic heterocycles. The van der Waals surface area contributed by atoms with Crippen LogP contribution in [0.25, 0.3) is 0 Å². The van der Waals surface area contributed by atoms with Crippen LogP contribution >= 0.6 is 0 Å². The van der Waals surface area contributed by atoms with Gasteiger partial charge in [0.25, 0.3) is 0 Å². The normalized spacial score (nSPS) is 11.1. The molecule has 4 aromatic carbocycles. The number of methoxy groups -OCH3 is 1. The Balaban J connectivity index is 1.12. The van der Waals surface area contributed by atoms with Crippen molar-refractivity contribution in [1.82, 2.24) is 0 Å². The highest BCUT2D eigenvalue weighted by atomic mass is 16.6. The third-order valence-corrected chi connectivity index (χ3v) is 9.29. The zero-order chi connectivity index (χ0) is 42.8. The Morgan fingerprint density at radius 1 is 0.533 bits per heavy atom. The number of nitrogens with one attached hydrogen (secondary N) is 4. The summed E-state index contributed by atoms with van der Waals surface area (Å²) < 4.78 is 26.5. The molecule has 0 aliphatic rings. The van der Waals surface area contributed by atoms with E-state index in [1.807, 2.05) is 60.7 Å². The Bertz CT molecular complexity index is 1900. The molecule has 4 rings (SSSR count). The number of carbonyl (C=O) groups is 4. The summed E-state index contributed by atoms with van der Waals surface area (Å²) in [4.78, 5) is 48.8. The van der Waals surface area contributed by atoms with Gasteiger partial charge in [-0.25, -0.2) is 19.2 Å². The maximum absolute atomic E-state index is 12.7. The van der Waals surface area contributed by atoms with Crippen molar-refractivity contribution in [3.63, 3.8) is 0 Å². The Morgan fingerprint density at radius 2 is 0.900 bits per heavy atom. The number of hydrogen-bond donors (Lipinski definition) is 4. The Hall–Kier alpha value is -6.34. The van der Waals surface area contributed by atoms with E-state index in [9.17, 15) is 19.2 Å². The second-order valence-electron chi connectivity index (χ2n) is 14.2. The summed E-state index contributed by atoms with van der Waals surface area (Å²) in [6.45, 7) is 7.85. The van der Waals surface area contributed by atoms with Gasteiger partial charge < -0.3 is 23.7 Å². The highest BCUT2D eigenvalue weighted by Gasteiger charge is 2.16. The van der Waals surface area contributed by atoms with Crippen molar-refractivity contribution >= 4 is 47.1 Å². The number of unbranched alkanes of at least 4 members (excludes halogenated alkanes) is 3. The van der Waals surface area contributed by atoms with Crippen molar-refractivity contribution in [3.8, 4) is 0 Å². The van der Waals surface area contributed by atoms with E-state index in [1.165, 1.54) is 20.0 Å². The minimum atomic E-state index is -0.613. The molecule has 1 unspecified atom stereocenters. The molecule has 0 radical (unpaired) electrons. The average Bonchev–Trinajstić information content (AvgIpc) is 3.25. The van der Waals surface area contributed by atoms with Gasteiger partial charge >= 0.3 is 24.4 Å². The molecule has 60 heavy (non-hydrogen) atoms. The topological polar surface area (TPSA) is 163 Å². The van der Waals surface area contributed by atoms with E-state index >= 15 is 0 Å². The van der Waals surface area contributed by atoms with E-state index in [0.29, 0.717) is 61.6 Å². The lowest BCUT2D eigenvalue weighted by atomic mass is 10.0. The number of hydrogen-bond acceptors (Lipinski definition) is 9.